The largest absolute Gasteiger partial charge is 0.493 e. The summed E-state index contributed by atoms with van der Waals surface area (Å²) in [6, 6.07) is 8.26. The number of carbonyl (C=O) groups excluding carboxylic acids is 1. The Bertz CT molecular complexity index is 994. The molecule has 1 heterocycles. The fourth-order valence-electron chi connectivity index (χ4n) is 3.81. The molecule has 34 heavy (non-hydrogen) atoms. The van der Waals surface area contributed by atoms with E-state index in [4.69, 9.17) is 14.2 Å². The Morgan fingerprint density at radius 2 is 1.88 bits per heavy atom. The lowest BCUT2D eigenvalue weighted by Crippen LogP contribution is -2.40. The first-order valence-corrected chi connectivity index (χ1v) is 10.9. The lowest BCUT2D eigenvalue weighted by molar-refractivity contribution is -0.137. The molecule has 1 aliphatic heterocycles. The van der Waals surface area contributed by atoms with Crippen molar-refractivity contribution >= 4 is 17.3 Å². The van der Waals surface area contributed by atoms with Gasteiger partial charge in [0.15, 0.2) is 11.5 Å². The first kappa shape index (κ1) is 25.6. The van der Waals surface area contributed by atoms with E-state index in [0.29, 0.717) is 50.0 Å². The topological polar surface area (TPSA) is 63.3 Å². The Kier molecular flexibility index (Phi) is 8.27. The number of nitrogens with zero attached hydrogens (tertiary/aromatic N) is 2. The molecule has 0 aromatic heterocycles. The quantitative estimate of drug-likeness (QED) is 0.615. The van der Waals surface area contributed by atoms with Gasteiger partial charge in [-0.3, -0.25) is 9.69 Å². The van der Waals surface area contributed by atoms with Crippen LogP contribution in [0.1, 0.15) is 18.1 Å². The number of methoxy groups -OCH3 is 2. The lowest BCUT2D eigenvalue weighted by atomic mass is 10.1. The first-order chi connectivity index (χ1) is 16.2. The number of likely N-dealkylation sites (N-methyl/N-ethyl adjacent to an activating group) is 1. The van der Waals surface area contributed by atoms with Gasteiger partial charge in [-0.2, -0.15) is 13.2 Å². The van der Waals surface area contributed by atoms with Crippen LogP contribution in [0.25, 0.3) is 0 Å². The fraction of sp³-hybridized carbons (Fsp3) is 0.458. The van der Waals surface area contributed by atoms with Gasteiger partial charge in [0.1, 0.15) is 0 Å². The molecule has 0 radical (unpaired) electrons. The van der Waals surface area contributed by atoms with E-state index in [1.165, 1.54) is 13.2 Å². The molecule has 186 valence electrons. The third-order valence-electron chi connectivity index (χ3n) is 5.88. The highest BCUT2D eigenvalue weighted by Crippen LogP contribution is 2.36. The van der Waals surface area contributed by atoms with Crippen molar-refractivity contribution in [2.45, 2.75) is 25.7 Å². The number of amides is 1. The van der Waals surface area contributed by atoms with Gasteiger partial charge in [-0.15, -0.1) is 0 Å². The van der Waals surface area contributed by atoms with Crippen LogP contribution >= 0.6 is 0 Å². The van der Waals surface area contributed by atoms with E-state index in [0.717, 1.165) is 17.7 Å². The Hall–Kier alpha value is -2.98. The number of hydrogen-bond acceptors (Lipinski definition) is 6. The van der Waals surface area contributed by atoms with E-state index >= 15 is 0 Å². The standard InChI is InChI=1S/C24H30F3N3O4/c1-16(29(2)15-17-6-5-7-21(32-3)22(17)33-4)23(31)28-19-14-18(24(25,26)27)8-9-20(19)30-10-12-34-13-11-30/h5-9,14,16H,10-13,15H2,1-4H3,(H,28,31). The number of benzene rings is 2. The molecule has 10 heteroatoms. The molecule has 1 fully saturated rings. The molecule has 1 aliphatic rings. The van der Waals surface area contributed by atoms with Crippen LogP contribution < -0.4 is 19.7 Å². The number of halogens is 3. The summed E-state index contributed by atoms with van der Waals surface area (Å²) in [5, 5.41) is 2.72. The van der Waals surface area contributed by atoms with Crippen molar-refractivity contribution in [3.8, 4) is 11.5 Å². The summed E-state index contributed by atoms with van der Waals surface area (Å²) in [5.74, 6) is 0.722. The lowest BCUT2D eigenvalue weighted by Gasteiger charge is -2.31. The molecule has 2 aromatic rings. The van der Waals surface area contributed by atoms with Gasteiger partial charge in [0, 0.05) is 25.2 Å². The number of morpholine rings is 1. The average Bonchev–Trinajstić information content (AvgIpc) is 2.83. The molecule has 7 nitrogen and oxygen atoms in total. The first-order valence-electron chi connectivity index (χ1n) is 10.9. The summed E-state index contributed by atoms with van der Waals surface area (Å²) in [6.07, 6.45) is -4.52. The second-order valence-corrected chi connectivity index (χ2v) is 8.06. The van der Waals surface area contributed by atoms with E-state index < -0.39 is 23.7 Å². The summed E-state index contributed by atoms with van der Waals surface area (Å²) in [5.41, 5.74) is 0.661. The van der Waals surface area contributed by atoms with Gasteiger partial charge in [0.25, 0.3) is 0 Å². The van der Waals surface area contributed by atoms with Crippen molar-refractivity contribution in [2.24, 2.45) is 0 Å². The Morgan fingerprint density at radius 1 is 1.18 bits per heavy atom. The summed E-state index contributed by atoms with van der Waals surface area (Å²) in [6.45, 7) is 4.06. The molecule has 2 aromatic carbocycles. The molecular formula is C24H30F3N3O4. The summed E-state index contributed by atoms with van der Waals surface area (Å²) in [7, 11) is 4.85. The van der Waals surface area contributed by atoms with E-state index in [2.05, 4.69) is 5.32 Å². The molecule has 1 amide bonds. The van der Waals surface area contributed by atoms with Crippen molar-refractivity contribution in [3.63, 3.8) is 0 Å². The maximum Gasteiger partial charge on any atom is 0.416 e. The number of alkyl halides is 3. The van der Waals surface area contributed by atoms with Crippen molar-refractivity contribution < 1.29 is 32.2 Å². The Labute approximate surface area is 197 Å². The van der Waals surface area contributed by atoms with Crippen LogP contribution in [-0.4, -0.2) is 64.4 Å². The summed E-state index contributed by atoms with van der Waals surface area (Å²) in [4.78, 5) is 16.8. The van der Waals surface area contributed by atoms with Gasteiger partial charge in [0.2, 0.25) is 5.91 Å². The molecule has 1 N–H and O–H groups in total. The van der Waals surface area contributed by atoms with Gasteiger partial charge >= 0.3 is 6.18 Å². The Balaban J connectivity index is 1.81. The number of ether oxygens (including phenoxy) is 3. The minimum Gasteiger partial charge on any atom is -0.493 e. The maximum atomic E-state index is 13.4. The molecule has 1 unspecified atom stereocenters. The van der Waals surface area contributed by atoms with Crippen molar-refractivity contribution in [2.75, 3.05) is 57.8 Å². The molecule has 0 bridgehead atoms. The highest BCUT2D eigenvalue weighted by atomic mass is 19.4. The van der Waals surface area contributed by atoms with E-state index in [1.54, 1.807) is 32.0 Å². The number of rotatable bonds is 8. The zero-order valence-corrected chi connectivity index (χ0v) is 19.7. The zero-order chi connectivity index (χ0) is 24.9. The van der Waals surface area contributed by atoms with Gasteiger partial charge in [-0.1, -0.05) is 12.1 Å². The Morgan fingerprint density at radius 3 is 2.50 bits per heavy atom. The van der Waals surface area contributed by atoms with Crippen LogP contribution in [0.15, 0.2) is 36.4 Å². The monoisotopic (exact) mass is 481 g/mol. The number of para-hydroxylation sites is 1. The number of anilines is 2. The zero-order valence-electron chi connectivity index (χ0n) is 19.7. The van der Waals surface area contributed by atoms with E-state index in [9.17, 15) is 18.0 Å². The predicted octanol–water partition coefficient (Wildman–Crippen LogP) is 4.02. The summed E-state index contributed by atoms with van der Waals surface area (Å²) >= 11 is 0. The van der Waals surface area contributed by atoms with Gasteiger partial charge < -0.3 is 24.4 Å². The molecular weight excluding hydrogens is 451 g/mol. The third-order valence-corrected chi connectivity index (χ3v) is 5.88. The predicted molar refractivity (Wildman–Crippen MR) is 124 cm³/mol. The maximum absolute atomic E-state index is 13.4. The molecule has 0 spiro atoms. The highest BCUT2D eigenvalue weighted by Gasteiger charge is 2.32. The molecule has 3 rings (SSSR count). The molecule has 1 atom stereocenters. The van der Waals surface area contributed by atoms with Crippen LogP contribution in [0.4, 0.5) is 24.5 Å². The fourth-order valence-corrected chi connectivity index (χ4v) is 3.81. The van der Waals surface area contributed by atoms with Crippen LogP contribution in [-0.2, 0) is 22.3 Å². The smallest absolute Gasteiger partial charge is 0.416 e. The second-order valence-electron chi connectivity index (χ2n) is 8.06. The third kappa shape index (κ3) is 5.92. The summed E-state index contributed by atoms with van der Waals surface area (Å²) < 4.78 is 56.2. The van der Waals surface area contributed by atoms with Gasteiger partial charge in [-0.25, -0.2) is 0 Å². The van der Waals surface area contributed by atoms with Crippen molar-refractivity contribution in [1.29, 1.82) is 0 Å². The van der Waals surface area contributed by atoms with Crippen LogP contribution in [0.2, 0.25) is 0 Å². The molecule has 0 aliphatic carbocycles. The minimum absolute atomic E-state index is 0.126. The molecule has 1 saturated heterocycles. The normalized spacial score (nSPS) is 15.2. The van der Waals surface area contributed by atoms with Crippen LogP contribution in [0.5, 0.6) is 11.5 Å². The van der Waals surface area contributed by atoms with Crippen molar-refractivity contribution in [1.82, 2.24) is 4.90 Å². The van der Waals surface area contributed by atoms with Gasteiger partial charge in [0.05, 0.1) is 50.4 Å². The highest BCUT2D eigenvalue weighted by molar-refractivity contribution is 5.97. The van der Waals surface area contributed by atoms with Crippen LogP contribution in [0, 0.1) is 0 Å². The van der Waals surface area contributed by atoms with E-state index in [-0.39, 0.29) is 5.69 Å². The number of carbonyl (C=O) groups is 1. The molecule has 0 saturated carbocycles. The minimum atomic E-state index is -4.52. The number of nitrogens with one attached hydrogen (secondary N) is 1. The second kappa shape index (κ2) is 11.0. The van der Waals surface area contributed by atoms with Gasteiger partial charge in [-0.05, 0) is 38.2 Å². The van der Waals surface area contributed by atoms with Crippen molar-refractivity contribution in [3.05, 3.63) is 47.5 Å². The number of hydrogen-bond donors (Lipinski definition) is 1. The average molecular weight is 482 g/mol. The van der Waals surface area contributed by atoms with E-state index in [1.807, 2.05) is 17.0 Å². The SMILES string of the molecule is COc1cccc(CN(C)C(C)C(=O)Nc2cc(C(F)(F)F)ccc2N2CCOCC2)c1OC. The van der Waals surface area contributed by atoms with Crippen LogP contribution in [0.3, 0.4) is 0 Å².